The molecule has 0 saturated carbocycles. The van der Waals surface area contributed by atoms with E-state index in [2.05, 4.69) is 25.8 Å². The second-order valence-electron chi connectivity index (χ2n) is 5.89. The highest BCUT2D eigenvalue weighted by atomic mass is 35.5. The Hall–Kier alpha value is -3.14. The lowest BCUT2D eigenvalue weighted by atomic mass is 10.2. The van der Waals surface area contributed by atoms with E-state index in [0.717, 1.165) is 0 Å². The predicted molar refractivity (Wildman–Crippen MR) is 113 cm³/mol. The van der Waals surface area contributed by atoms with Gasteiger partial charge in [-0.1, -0.05) is 29.3 Å². The molecule has 0 unspecified atom stereocenters. The number of nitrogens with zero attached hydrogens (tertiary/aromatic N) is 2. The Morgan fingerprint density at radius 3 is 2.47 bits per heavy atom. The zero-order valence-corrected chi connectivity index (χ0v) is 17.3. The standard InChI is InChI=1S/C19H17Cl2N5O4/c1-29-7-8-30-15-6-5-11(9-22-15)24-19(28)17-14(10-23-26-17)25-18(27)16-12(20)3-2-4-13(16)21/h2-6,9-10H,7-8H2,1H3,(H,23,26)(H,24,28)(H,25,27). The van der Waals surface area contributed by atoms with E-state index in [1.807, 2.05) is 0 Å². The molecule has 0 atom stereocenters. The third-order valence-electron chi connectivity index (χ3n) is 3.84. The van der Waals surface area contributed by atoms with Crippen molar-refractivity contribution in [2.75, 3.05) is 31.0 Å². The van der Waals surface area contributed by atoms with Crippen LogP contribution in [0.5, 0.6) is 5.88 Å². The number of carbonyl (C=O) groups excluding carboxylic acids is 2. The summed E-state index contributed by atoms with van der Waals surface area (Å²) in [5.74, 6) is -0.695. The summed E-state index contributed by atoms with van der Waals surface area (Å²) >= 11 is 12.1. The fourth-order valence-electron chi connectivity index (χ4n) is 2.42. The normalized spacial score (nSPS) is 10.5. The quantitative estimate of drug-likeness (QED) is 0.451. The number of nitrogens with one attached hydrogen (secondary N) is 3. The Morgan fingerprint density at radius 2 is 1.80 bits per heavy atom. The van der Waals surface area contributed by atoms with Crippen LogP contribution in [0.2, 0.25) is 10.0 Å². The zero-order chi connectivity index (χ0) is 21.5. The van der Waals surface area contributed by atoms with Crippen LogP contribution < -0.4 is 15.4 Å². The maximum Gasteiger partial charge on any atom is 0.275 e. The van der Waals surface area contributed by atoms with E-state index in [1.165, 1.54) is 12.4 Å². The van der Waals surface area contributed by atoms with Crippen molar-refractivity contribution in [3.8, 4) is 5.88 Å². The molecule has 0 aliphatic heterocycles. The summed E-state index contributed by atoms with van der Waals surface area (Å²) in [7, 11) is 1.57. The van der Waals surface area contributed by atoms with Gasteiger partial charge in [0.1, 0.15) is 12.3 Å². The van der Waals surface area contributed by atoms with Crippen molar-refractivity contribution in [3.05, 3.63) is 64.0 Å². The minimum absolute atomic E-state index is 0.0481. The lowest BCUT2D eigenvalue weighted by Gasteiger charge is -2.09. The molecule has 0 radical (unpaired) electrons. The van der Waals surface area contributed by atoms with Gasteiger partial charge in [-0.2, -0.15) is 5.10 Å². The molecule has 1 aromatic carbocycles. The number of halogens is 2. The number of aromatic nitrogens is 3. The molecule has 30 heavy (non-hydrogen) atoms. The molecular weight excluding hydrogens is 433 g/mol. The molecule has 0 spiro atoms. The van der Waals surface area contributed by atoms with E-state index in [9.17, 15) is 9.59 Å². The summed E-state index contributed by atoms with van der Waals surface area (Å²) in [6, 6.07) is 7.95. The van der Waals surface area contributed by atoms with Gasteiger partial charge in [-0.3, -0.25) is 14.7 Å². The first-order valence-corrected chi connectivity index (χ1v) is 9.43. The molecule has 0 aliphatic carbocycles. The van der Waals surface area contributed by atoms with Gasteiger partial charge in [0.05, 0.1) is 46.0 Å². The molecule has 0 aliphatic rings. The summed E-state index contributed by atoms with van der Waals surface area (Å²) < 4.78 is 10.3. The van der Waals surface area contributed by atoms with Crippen LogP contribution in [0.15, 0.2) is 42.7 Å². The molecule has 2 heterocycles. The highest BCUT2D eigenvalue weighted by Gasteiger charge is 2.20. The van der Waals surface area contributed by atoms with E-state index in [4.69, 9.17) is 32.7 Å². The molecule has 0 fully saturated rings. The number of pyridine rings is 1. The number of methoxy groups -OCH3 is 1. The van der Waals surface area contributed by atoms with E-state index in [0.29, 0.717) is 24.8 Å². The number of anilines is 2. The van der Waals surface area contributed by atoms with Crippen LogP contribution in [0, 0.1) is 0 Å². The summed E-state index contributed by atoms with van der Waals surface area (Å²) in [6.45, 7) is 0.801. The van der Waals surface area contributed by atoms with Gasteiger partial charge in [0.25, 0.3) is 11.8 Å². The fraction of sp³-hybridized carbons (Fsp3) is 0.158. The highest BCUT2D eigenvalue weighted by molar-refractivity contribution is 6.40. The van der Waals surface area contributed by atoms with Crippen LogP contribution in [0.3, 0.4) is 0 Å². The average Bonchev–Trinajstić information content (AvgIpc) is 3.17. The van der Waals surface area contributed by atoms with Gasteiger partial charge in [0, 0.05) is 13.2 Å². The summed E-state index contributed by atoms with van der Waals surface area (Å²) in [6.07, 6.45) is 2.75. The zero-order valence-electron chi connectivity index (χ0n) is 15.7. The summed E-state index contributed by atoms with van der Waals surface area (Å²) in [5.41, 5.74) is 0.745. The fourth-order valence-corrected chi connectivity index (χ4v) is 2.99. The summed E-state index contributed by atoms with van der Waals surface area (Å²) in [4.78, 5) is 29.2. The largest absolute Gasteiger partial charge is 0.475 e. The van der Waals surface area contributed by atoms with Gasteiger partial charge in [-0.25, -0.2) is 4.98 Å². The predicted octanol–water partition coefficient (Wildman–Crippen LogP) is 3.64. The number of ether oxygens (including phenoxy) is 2. The summed E-state index contributed by atoms with van der Waals surface area (Å²) in [5, 5.41) is 12.0. The van der Waals surface area contributed by atoms with Crippen molar-refractivity contribution < 1.29 is 19.1 Å². The van der Waals surface area contributed by atoms with Crippen LogP contribution in [-0.2, 0) is 4.74 Å². The minimum Gasteiger partial charge on any atom is -0.475 e. The first-order valence-electron chi connectivity index (χ1n) is 8.67. The molecule has 3 rings (SSSR count). The molecule has 3 aromatic rings. The Labute approximate surface area is 181 Å². The van der Waals surface area contributed by atoms with Gasteiger partial charge in [0.15, 0.2) is 0 Å². The molecular formula is C19H17Cl2N5O4. The Bertz CT molecular complexity index is 1020. The number of hydrogen-bond donors (Lipinski definition) is 3. The molecule has 9 nitrogen and oxygen atoms in total. The number of H-pyrrole nitrogens is 1. The lowest BCUT2D eigenvalue weighted by molar-refractivity contribution is 0.102. The number of hydrogen-bond acceptors (Lipinski definition) is 6. The Kier molecular flexibility index (Phi) is 7.23. The van der Waals surface area contributed by atoms with Gasteiger partial charge in [-0.05, 0) is 18.2 Å². The Morgan fingerprint density at radius 1 is 1.03 bits per heavy atom. The van der Waals surface area contributed by atoms with Gasteiger partial charge < -0.3 is 20.1 Å². The molecule has 0 bridgehead atoms. The topological polar surface area (TPSA) is 118 Å². The van der Waals surface area contributed by atoms with E-state index in [1.54, 1.807) is 37.4 Å². The minimum atomic E-state index is -0.569. The third kappa shape index (κ3) is 5.26. The average molecular weight is 450 g/mol. The third-order valence-corrected chi connectivity index (χ3v) is 4.47. The Balaban J connectivity index is 1.67. The maximum atomic E-state index is 12.6. The molecule has 11 heteroatoms. The van der Waals surface area contributed by atoms with Gasteiger partial charge in [0.2, 0.25) is 5.88 Å². The van der Waals surface area contributed by atoms with Crippen molar-refractivity contribution >= 4 is 46.4 Å². The molecule has 0 saturated heterocycles. The van der Waals surface area contributed by atoms with Crippen molar-refractivity contribution in [1.82, 2.24) is 15.2 Å². The molecule has 2 amide bonds. The molecule has 156 valence electrons. The number of rotatable bonds is 8. The van der Waals surface area contributed by atoms with Gasteiger partial charge in [-0.15, -0.1) is 0 Å². The van der Waals surface area contributed by atoms with Crippen LogP contribution in [-0.4, -0.2) is 47.3 Å². The van der Waals surface area contributed by atoms with Crippen LogP contribution in [0.25, 0.3) is 0 Å². The number of aromatic amines is 1. The second kappa shape index (κ2) is 10.1. The van der Waals surface area contributed by atoms with Crippen molar-refractivity contribution in [1.29, 1.82) is 0 Å². The monoisotopic (exact) mass is 449 g/mol. The highest BCUT2D eigenvalue weighted by Crippen LogP contribution is 2.26. The SMILES string of the molecule is COCCOc1ccc(NC(=O)c2[nH]ncc2NC(=O)c2c(Cl)cccc2Cl)cn1. The van der Waals surface area contributed by atoms with Crippen LogP contribution >= 0.6 is 23.2 Å². The smallest absolute Gasteiger partial charge is 0.275 e. The van der Waals surface area contributed by atoms with Crippen molar-refractivity contribution in [2.24, 2.45) is 0 Å². The van der Waals surface area contributed by atoms with E-state index < -0.39 is 11.8 Å². The lowest BCUT2D eigenvalue weighted by Crippen LogP contribution is -2.18. The second-order valence-corrected chi connectivity index (χ2v) is 6.70. The number of carbonyl (C=O) groups is 2. The van der Waals surface area contributed by atoms with Crippen molar-refractivity contribution in [3.63, 3.8) is 0 Å². The first kappa shape index (κ1) is 21.6. The van der Waals surface area contributed by atoms with Crippen LogP contribution in [0.1, 0.15) is 20.8 Å². The van der Waals surface area contributed by atoms with Crippen LogP contribution in [0.4, 0.5) is 11.4 Å². The molecule has 3 N–H and O–H groups in total. The molecule has 2 aromatic heterocycles. The maximum absolute atomic E-state index is 12.6. The van der Waals surface area contributed by atoms with Crippen molar-refractivity contribution in [2.45, 2.75) is 0 Å². The van der Waals surface area contributed by atoms with E-state index >= 15 is 0 Å². The van der Waals surface area contributed by atoms with E-state index in [-0.39, 0.29) is 27.0 Å². The number of benzene rings is 1. The number of amides is 2. The first-order chi connectivity index (χ1) is 14.5. The van der Waals surface area contributed by atoms with Gasteiger partial charge >= 0.3 is 0 Å².